The fourth-order valence-electron chi connectivity index (χ4n) is 4.17. The summed E-state index contributed by atoms with van der Waals surface area (Å²) in [7, 11) is 11.8. The van der Waals surface area contributed by atoms with E-state index in [-0.39, 0.29) is 24.8 Å². The molecule has 0 aliphatic carbocycles. The zero-order chi connectivity index (χ0) is 20.2. The standard InChI is InChI=1S/C25H48N2.2ClH/c1-7-8-9-10-11-12-13-17-21-25(24-19-15-14-16-20-24)27(5,6)23-18-22-26(2,3)4;;/h14-16,19-20,25H,7-13,17-18,21-23H2,1-6H3;2*1H/q+2;;/p-2. The van der Waals surface area contributed by atoms with Crippen molar-refractivity contribution in [2.75, 3.05) is 48.3 Å². The Balaban J connectivity index is 0. The molecule has 1 aromatic carbocycles. The van der Waals surface area contributed by atoms with E-state index in [1.54, 1.807) is 0 Å². The maximum atomic E-state index is 2.44. The van der Waals surface area contributed by atoms with Crippen LogP contribution in [0.3, 0.4) is 0 Å². The van der Waals surface area contributed by atoms with Crippen LogP contribution >= 0.6 is 0 Å². The van der Waals surface area contributed by atoms with Gasteiger partial charge in [-0.2, -0.15) is 0 Å². The molecule has 0 fully saturated rings. The summed E-state index contributed by atoms with van der Waals surface area (Å²) < 4.78 is 2.18. The van der Waals surface area contributed by atoms with Gasteiger partial charge in [-0.05, 0) is 6.42 Å². The van der Waals surface area contributed by atoms with Gasteiger partial charge in [-0.25, -0.2) is 0 Å². The Morgan fingerprint density at radius 2 is 1.17 bits per heavy atom. The SMILES string of the molecule is CCCCCCCCCCC(c1ccccc1)[N+](C)(C)CCC[N+](C)(C)C.[Cl-].[Cl-]. The van der Waals surface area contributed by atoms with Gasteiger partial charge in [0.1, 0.15) is 6.04 Å². The van der Waals surface area contributed by atoms with E-state index in [2.05, 4.69) is 72.5 Å². The average Bonchev–Trinajstić information content (AvgIpc) is 2.59. The van der Waals surface area contributed by atoms with Gasteiger partial charge in [0.25, 0.3) is 0 Å². The quantitative estimate of drug-likeness (QED) is 0.270. The van der Waals surface area contributed by atoms with Crippen molar-refractivity contribution in [3.8, 4) is 0 Å². The van der Waals surface area contributed by atoms with Crippen molar-refractivity contribution in [2.24, 2.45) is 0 Å². The molecule has 0 aliphatic heterocycles. The predicted molar refractivity (Wildman–Crippen MR) is 121 cm³/mol. The van der Waals surface area contributed by atoms with Gasteiger partial charge in [-0.15, -0.1) is 0 Å². The Bertz CT molecular complexity index is 483. The molecule has 1 rings (SSSR count). The third kappa shape index (κ3) is 14.4. The van der Waals surface area contributed by atoms with Gasteiger partial charge in [-0.3, -0.25) is 0 Å². The highest BCUT2D eigenvalue weighted by Gasteiger charge is 2.29. The van der Waals surface area contributed by atoms with Gasteiger partial charge in [-0.1, -0.05) is 82.2 Å². The zero-order valence-corrected chi connectivity index (χ0v) is 21.6. The van der Waals surface area contributed by atoms with Gasteiger partial charge in [0.15, 0.2) is 0 Å². The molecule has 0 bridgehead atoms. The summed E-state index contributed by atoms with van der Waals surface area (Å²) in [5, 5.41) is 0. The lowest BCUT2D eigenvalue weighted by Crippen LogP contribution is -3.00. The molecule has 0 heterocycles. The number of benzene rings is 1. The second-order valence-electron chi connectivity index (χ2n) is 10.1. The molecule has 0 spiro atoms. The van der Waals surface area contributed by atoms with E-state index in [1.807, 2.05) is 0 Å². The highest BCUT2D eigenvalue weighted by molar-refractivity contribution is 5.17. The first kappa shape index (κ1) is 30.9. The van der Waals surface area contributed by atoms with Crippen molar-refractivity contribution in [3.05, 3.63) is 35.9 Å². The van der Waals surface area contributed by atoms with Crippen LogP contribution in [0.2, 0.25) is 0 Å². The van der Waals surface area contributed by atoms with Crippen LogP contribution in [0.4, 0.5) is 0 Å². The Morgan fingerprint density at radius 3 is 1.69 bits per heavy atom. The van der Waals surface area contributed by atoms with E-state index in [1.165, 1.54) is 82.9 Å². The van der Waals surface area contributed by atoms with E-state index in [4.69, 9.17) is 0 Å². The highest BCUT2D eigenvalue weighted by atomic mass is 35.5. The smallest absolute Gasteiger partial charge is 0.114 e. The molecule has 29 heavy (non-hydrogen) atoms. The van der Waals surface area contributed by atoms with Crippen molar-refractivity contribution in [1.82, 2.24) is 0 Å². The van der Waals surface area contributed by atoms with Crippen molar-refractivity contribution in [3.63, 3.8) is 0 Å². The molecule has 1 unspecified atom stereocenters. The summed E-state index contributed by atoms with van der Waals surface area (Å²) in [6, 6.07) is 11.9. The Morgan fingerprint density at radius 1 is 0.655 bits per heavy atom. The molecule has 2 nitrogen and oxygen atoms in total. The molecule has 1 aromatic rings. The van der Waals surface area contributed by atoms with Crippen molar-refractivity contribution in [1.29, 1.82) is 0 Å². The minimum atomic E-state index is 0. The largest absolute Gasteiger partial charge is 1.00 e. The van der Waals surface area contributed by atoms with Crippen LogP contribution in [0, 0.1) is 0 Å². The first-order chi connectivity index (χ1) is 12.8. The van der Waals surface area contributed by atoms with Crippen LogP contribution < -0.4 is 24.8 Å². The molecule has 0 aromatic heterocycles. The van der Waals surface area contributed by atoms with E-state index < -0.39 is 0 Å². The monoisotopic (exact) mass is 446 g/mol. The number of rotatable bonds is 15. The van der Waals surface area contributed by atoms with E-state index in [0.717, 1.165) is 8.97 Å². The third-order valence-electron chi connectivity index (χ3n) is 5.92. The van der Waals surface area contributed by atoms with Crippen molar-refractivity contribution < 1.29 is 33.8 Å². The molecule has 0 radical (unpaired) electrons. The number of halogens is 2. The number of unbranched alkanes of at least 4 members (excludes halogenated alkanes) is 7. The van der Waals surface area contributed by atoms with Crippen molar-refractivity contribution >= 4 is 0 Å². The Labute approximate surface area is 195 Å². The van der Waals surface area contributed by atoms with E-state index in [9.17, 15) is 0 Å². The van der Waals surface area contributed by atoms with Gasteiger partial charge >= 0.3 is 0 Å². The van der Waals surface area contributed by atoms with Crippen LogP contribution in [0.25, 0.3) is 0 Å². The topological polar surface area (TPSA) is 0 Å². The van der Waals surface area contributed by atoms with Crippen LogP contribution in [0.15, 0.2) is 30.3 Å². The van der Waals surface area contributed by atoms with Crippen molar-refractivity contribution in [2.45, 2.75) is 77.2 Å². The van der Waals surface area contributed by atoms with Crippen LogP contribution in [0.1, 0.15) is 82.7 Å². The molecule has 0 amide bonds. The maximum Gasteiger partial charge on any atom is 0.114 e. The fraction of sp³-hybridized carbons (Fsp3) is 0.760. The summed E-state index contributed by atoms with van der Waals surface area (Å²) in [5.41, 5.74) is 1.52. The molecule has 1 atom stereocenters. The molecule has 4 heteroatoms. The van der Waals surface area contributed by atoms with Gasteiger partial charge in [0, 0.05) is 18.4 Å². The molecule has 0 saturated carbocycles. The van der Waals surface area contributed by atoms with E-state index in [0.29, 0.717) is 6.04 Å². The van der Waals surface area contributed by atoms with Gasteiger partial charge in [0.2, 0.25) is 0 Å². The molecular formula is C25H48Cl2N2. The summed E-state index contributed by atoms with van der Waals surface area (Å²) in [5.74, 6) is 0. The molecule has 172 valence electrons. The maximum absolute atomic E-state index is 2.44. The summed E-state index contributed by atoms with van der Waals surface area (Å²) >= 11 is 0. The van der Waals surface area contributed by atoms with Crippen LogP contribution in [-0.4, -0.2) is 57.3 Å². The summed E-state index contributed by atoms with van der Waals surface area (Å²) in [4.78, 5) is 0. The van der Waals surface area contributed by atoms with E-state index >= 15 is 0 Å². The van der Waals surface area contributed by atoms with Crippen LogP contribution in [-0.2, 0) is 0 Å². The average molecular weight is 448 g/mol. The second kappa shape index (κ2) is 16.4. The first-order valence-corrected chi connectivity index (χ1v) is 11.4. The number of quaternary nitrogens is 2. The highest BCUT2D eigenvalue weighted by Crippen LogP contribution is 2.31. The van der Waals surface area contributed by atoms with Gasteiger partial charge in [0.05, 0.1) is 48.3 Å². The first-order valence-electron chi connectivity index (χ1n) is 11.4. The minimum Gasteiger partial charge on any atom is -1.00 e. The zero-order valence-electron chi connectivity index (χ0n) is 20.1. The predicted octanol–water partition coefficient (Wildman–Crippen LogP) is 0.439. The van der Waals surface area contributed by atoms with Gasteiger partial charge < -0.3 is 33.8 Å². The second-order valence-corrected chi connectivity index (χ2v) is 10.1. The summed E-state index contributed by atoms with van der Waals surface area (Å²) in [6.45, 7) is 4.80. The third-order valence-corrected chi connectivity index (χ3v) is 5.92. The normalized spacial score (nSPS) is 12.8. The molecule has 0 N–H and O–H groups in total. The molecule has 0 saturated heterocycles. The number of hydrogen-bond donors (Lipinski definition) is 0. The Kier molecular flexibility index (Phi) is 17.5. The molecule has 0 aliphatic rings. The molecular weight excluding hydrogens is 399 g/mol. The Hall–Kier alpha value is -0.280. The number of hydrogen-bond acceptors (Lipinski definition) is 0. The lowest BCUT2D eigenvalue weighted by atomic mass is 9.96. The minimum absolute atomic E-state index is 0. The fourth-order valence-corrected chi connectivity index (χ4v) is 4.17. The lowest BCUT2D eigenvalue weighted by molar-refractivity contribution is -0.927. The van der Waals surface area contributed by atoms with Crippen LogP contribution in [0.5, 0.6) is 0 Å². The lowest BCUT2D eigenvalue weighted by Gasteiger charge is -2.39. The summed E-state index contributed by atoms with van der Waals surface area (Å²) in [6.07, 6.45) is 13.8. The number of nitrogens with zero attached hydrogens (tertiary/aromatic N) is 2.